The molecule has 3 rings (SSSR count). The molecule has 7 nitrogen and oxygen atoms in total. The summed E-state index contributed by atoms with van der Waals surface area (Å²) in [5.74, 6) is 0.203. The molecule has 1 fully saturated rings. The van der Waals surface area contributed by atoms with Gasteiger partial charge in [-0.15, -0.1) is 0 Å². The molecule has 1 atom stereocenters. The molecule has 1 aliphatic heterocycles. The Kier molecular flexibility index (Phi) is 5.10. The summed E-state index contributed by atoms with van der Waals surface area (Å²) in [4.78, 5) is 22.6. The molecule has 10 heteroatoms. The normalized spacial score (nSPS) is 18.0. The zero-order valence-electron chi connectivity index (χ0n) is 14.2. The number of hydrogen-bond acceptors (Lipinski definition) is 5. The lowest BCUT2D eigenvalue weighted by atomic mass is 9.98. The number of nitrogens with one attached hydrogen (secondary N) is 1. The average Bonchev–Trinajstić information content (AvgIpc) is 3.03. The minimum Gasteiger partial charge on any atom is -0.350 e. The molecule has 0 radical (unpaired) electrons. The van der Waals surface area contributed by atoms with Gasteiger partial charge in [-0.1, -0.05) is 0 Å². The van der Waals surface area contributed by atoms with Crippen molar-refractivity contribution in [3.63, 3.8) is 0 Å². The number of piperidine rings is 1. The van der Waals surface area contributed by atoms with Gasteiger partial charge in [-0.05, 0) is 24.8 Å². The van der Waals surface area contributed by atoms with E-state index in [4.69, 9.17) is 0 Å². The molecule has 0 aromatic carbocycles. The fraction of sp³-hybridized carbons (Fsp3) is 0.500. The Hall–Kier alpha value is -2.65. The van der Waals surface area contributed by atoms with E-state index in [9.17, 15) is 18.0 Å². The van der Waals surface area contributed by atoms with Crippen molar-refractivity contribution in [2.45, 2.75) is 19.0 Å². The first kappa shape index (κ1) is 18.2. The second-order valence-electron chi connectivity index (χ2n) is 6.25. The van der Waals surface area contributed by atoms with Crippen molar-refractivity contribution in [3.05, 3.63) is 35.9 Å². The monoisotopic (exact) mass is 368 g/mol. The summed E-state index contributed by atoms with van der Waals surface area (Å²) in [6.07, 6.45) is 0.653. The summed E-state index contributed by atoms with van der Waals surface area (Å²) in [6, 6.07) is 2.51. The maximum absolute atomic E-state index is 12.8. The average molecular weight is 368 g/mol. The van der Waals surface area contributed by atoms with Gasteiger partial charge in [0.15, 0.2) is 5.69 Å². The minimum absolute atomic E-state index is 0.169. The highest BCUT2D eigenvalue weighted by molar-refractivity contribution is 5.92. The van der Waals surface area contributed by atoms with Gasteiger partial charge in [0.25, 0.3) is 5.91 Å². The van der Waals surface area contributed by atoms with Crippen molar-refractivity contribution in [2.75, 3.05) is 24.5 Å². The van der Waals surface area contributed by atoms with E-state index in [1.54, 1.807) is 18.5 Å². The molecule has 0 saturated carbocycles. The Labute approximate surface area is 148 Å². The summed E-state index contributed by atoms with van der Waals surface area (Å²) in [5.41, 5.74) is -1.19. The van der Waals surface area contributed by atoms with E-state index in [1.807, 2.05) is 4.90 Å². The second kappa shape index (κ2) is 7.30. The number of halogens is 3. The Balaban J connectivity index is 1.58. The maximum Gasteiger partial charge on any atom is 0.433 e. The number of amides is 1. The fourth-order valence-corrected chi connectivity index (χ4v) is 3.04. The van der Waals surface area contributed by atoms with E-state index in [0.29, 0.717) is 23.7 Å². The highest BCUT2D eigenvalue weighted by Crippen LogP contribution is 2.29. The Morgan fingerprint density at radius 2 is 2.08 bits per heavy atom. The molecule has 0 bridgehead atoms. The van der Waals surface area contributed by atoms with Gasteiger partial charge in [-0.25, -0.2) is 9.97 Å². The largest absolute Gasteiger partial charge is 0.433 e. The Morgan fingerprint density at radius 3 is 2.73 bits per heavy atom. The molecular formula is C16H19F3N6O. The van der Waals surface area contributed by atoms with Crippen LogP contribution in [0.3, 0.4) is 0 Å². The molecule has 3 heterocycles. The first-order valence-electron chi connectivity index (χ1n) is 8.26. The van der Waals surface area contributed by atoms with Crippen molar-refractivity contribution in [3.8, 4) is 0 Å². The minimum atomic E-state index is -4.54. The number of carbonyl (C=O) groups excluding carboxylic acids is 1. The van der Waals surface area contributed by atoms with Crippen molar-refractivity contribution in [1.82, 2.24) is 25.1 Å². The lowest BCUT2D eigenvalue weighted by Gasteiger charge is -2.32. The first-order chi connectivity index (χ1) is 12.3. The van der Waals surface area contributed by atoms with Crippen molar-refractivity contribution >= 4 is 11.9 Å². The van der Waals surface area contributed by atoms with Crippen molar-refractivity contribution < 1.29 is 18.0 Å². The molecule has 0 aliphatic carbocycles. The summed E-state index contributed by atoms with van der Waals surface area (Å²) in [6.45, 7) is 1.88. The SMILES string of the molecule is Cn1nc(C(=O)NCC2CCCN(c3ncccn3)C2)cc1C(F)(F)F. The van der Waals surface area contributed by atoms with Crippen molar-refractivity contribution in [1.29, 1.82) is 0 Å². The van der Waals surface area contributed by atoms with E-state index < -0.39 is 17.8 Å². The fourth-order valence-electron chi connectivity index (χ4n) is 3.04. The molecule has 1 unspecified atom stereocenters. The Morgan fingerprint density at radius 1 is 1.35 bits per heavy atom. The number of hydrogen-bond donors (Lipinski definition) is 1. The first-order valence-corrected chi connectivity index (χ1v) is 8.26. The zero-order valence-corrected chi connectivity index (χ0v) is 14.2. The van der Waals surface area contributed by atoms with E-state index in [2.05, 4.69) is 20.4 Å². The lowest BCUT2D eigenvalue weighted by molar-refractivity contribution is -0.143. The Bertz CT molecular complexity index is 761. The number of rotatable bonds is 4. The van der Waals surface area contributed by atoms with Crippen LogP contribution in [0.2, 0.25) is 0 Å². The quantitative estimate of drug-likeness (QED) is 0.892. The molecule has 2 aromatic rings. The van der Waals surface area contributed by atoms with Gasteiger partial charge >= 0.3 is 6.18 Å². The molecule has 26 heavy (non-hydrogen) atoms. The van der Waals surface area contributed by atoms with Crippen molar-refractivity contribution in [2.24, 2.45) is 13.0 Å². The van der Waals surface area contributed by atoms with Gasteiger partial charge in [0, 0.05) is 45.1 Å². The molecule has 2 aromatic heterocycles. The van der Waals surface area contributed by atoms with Crippen LogP contribution in [0, 0.1) is 5.92 Å². The standard InChI is InChI=1S/C16H19F3N6O/c1-24-13(16(17,18)19)8-12(23-24)14(26)22-9-11-4-2-7-25(10-11)15-20-5-3-6-21-15/h3,5-6,8,11H,2,4,7,9-10H2,1H3,(H,22,26). The van der Waals surface area contributed by atoms with E-state index in [-0.39, 0.29) is 11.6 Å². The van der Waals surface area contributed by atoms with E-state index >= 15 is 0 Å². The van der Waals surface area contributed by atoms with Gasteiger partial charge in [-0.3, -0.25) is 9.48 Å². The predicted molar refractivity (Wildman–Crippen MR) is 87.5 cm³/mol. The number of aromatic nitrogens is 4. The summed E-state index contributed by atoms with van der Waals surface area (Å²) >= 11 is 0. The van der Waals surface area contributed by atoms with Gasteiger partial charge in [0.2, 0.25) is 5.95 Å². The van der Waals surface area contributed by atoms with Crippen LogP contribution >= 0.6 is 0 Å². The molecule has 1 N–H and O–H groups in total. The molecule has 1 saturated heterocycles. The van der Waals surface area contributed by atoms with Crippen LogP contribution in [0.4, 0.5) is 19.1 Å². The van der Waals surface area contributed by atoms with Gasteiger partial charge in [0.1, 0.15) is 5.69 Å². The van der Waals surface area contributed by atoms with E-state index in [0.717, 1.165) is 25.5 Å². The third-order valence-corrected chi connectivity index (χ3v) is 4.31. The summed E-state index contributed by atoms with van der Waals surface area (Å²) in [7, 11) is 1.17. The second-order valence-corrected chi connectivity index (χ2v) is 6.25. The number of carbonyl (C=O) groups is 1. The van der Waals surface area contributed by atoms with E-state index in [1.165, 1.54) is 7.05 Å². The van der Waals surface area contributed by atoms with Crippen LogP contribution < -0.4 is 10.2 Å². The van der Waals surface area contributed by atoms with Gasteiger partial charge < -0.3 is 10.2 Å². The van der Waals surface area contributed by atoms with Crippen LogP contribution in [-0.4, -0.2) is 45.3 Å². The lowest BCUT2D eigenvalue weighted by Crippen LogP contribution is -2.41. The number of alkyl halides is 3. The summed E-state index contributed by atoms with van der Waals surface area (Å²) in [5, 5.41) is 6.34. The molecular weight excluding hydrogens is 349 g/mol. The third-order valence-electron chi connectivity index (χ3n) is 4.31. The van der Waals surface area contributed by atoms with Crippen LogP contribution in [0.1, 0.15) is 29.0 Å². The molecule has 0 spiro atoms. The van der Waals surface area contributed by atoms with Crippen LogP contribution in [0.25, 0.3) is 0 Å². The molecule has 1 aliphatic rings. The van der Waals surface area contributed by atoms with Crippen LogP contribution in [0.15, 0.2) is 24.5 Å². The third kappa shape index (κ3) is 4.12. The summed E-state index contributed by atoms with van der Waals surface area (Å²) < 4.78 is 39.1. The smallest absolute Gasteiger partial charge is 0.350 e. The van der Waals surface area contributed by atoms with Crippen LogP contribution in [-0.2, 0) is 13.2 Å². The molecule has 140 valence electrons. The zero-order chi connectivity index (χ0) is 18.7. The number of anilines is 1. The molecule has 1 amide bonds. The van der Waals surface area contributed by atoms with Gasteiger partial charge in [-0.2, -0.15) is 18.3 Å². The predicted octanol–water partition coefficient (Wildman–Crippen LogP) is 1.88. The number of nitrogens with zero attached hydrogens (tertiary/aromatic N) is 5. The topological polar surface area (TPSA) is 75.9 Å². The van der Waals surface area contributed by atoms with Gasteiger partial charge in [0.05, 0.1) is 0 Å². The maximum atomic E-state index is 12.8. The van der Waals surface area contributed by atoms with Crippen LogP contribution in [0.5, 0.6) is 0 Å². The highest BCUT2D eigenvalue weighted by atomic mass is 19.4. The highest BCUT2D eigenvalue weighted by Gasteiger charge is 2.35. The number of aryl methyl sites for hydroxylation is 1.